The molecule has 1 spiro atoms. The van der Waals surface area contributed by atoms with Crippen molar-refractivity contribution in [2.24, 2.45) is 5.16 Å². The largest absolute Gasteiger partial charge is 0.497 e. The van der Waals surface area contributed by atoms with Gasteiger partial charge in [0.1, 0.15) is 11.5 Å². The Morgan fingerprint density at radius 1 is 1.16 bits per heavy atom. The lowest BCUT2D eigenvalue weighted by Crippen LogP contribution is -2.53. The van der Waals surface area contributed by atoms with E-state index in [4.69, 9.17) is 9.57 Å². The van der Waals surface area contributed by atoms with Gasteiger partial charge < -0.3 is 25.1 Å². The van der Waals surface area contributed by atoms with Crippen molar-refractivity contribution in [3.8, 4) is 5.75 Å². The second-order valence-electron chi connectivity index (χ2n) is 7.84. The Kier molecular flexibility index (Phi) is 6.06. The van der Waals surface area contributed by atoms with E-state index in [9.17, 15) is 9.59 Å². The molecule has 1 saturated heterocycles. The number of nitrogens with one attached hydrogen (secondary N) is 2. The van der Waals surface area contributed by atoms with Crippen LogP contribution >= 0.6 is 0 Å². The van der Waals surface area contributed by atoms with E-state index in [0.717, 1.165) is 18.4 Å². The van der Waals surface area contributed by atoms with Crippen molar-refractivity contribution in [1.82, 2.24) is 10.2 Å². The third-order valence-corrected chi connectivity index (χ3v) is 5.56. The number of oxime groups is 1. The fourth-order valence-electron chi connectivity index (χ4n) is 3.90. The first-order chi connectivity index (χ1) is 15.1. The van der Waals surface area contributed by atoms with Crippen LogP contribution in [0, 0.1) is 0 Å². The second kappa shape index (κ2) is 9.07. The minimum Gasteiger partial charge on any atom is -0.497 e. The van der Waals surface area contributed by atoms with Gasteiger partial charge in [-0.2, -0.15) is 0 Å². The molecule has 0 aliphatic carbocycles. The summed E-state index contributed by atoms with van der Waals surface area (Å²) in [5.41, 5.74) is 1.39. The number of hydrogen-bond donors (Lipinski definition) is 2. The molecule has 8 heteroatoms. The van der Waals surface area contributed by atoms with Gasteiger partial charge in [0.25, 0.3) is 5.91 Å². The van der Waals surface area contributed by atoms with Crippen molar-refractivity contribution in [3.63, 3.8) is 0 Å². The number of anilines is 1. The van der Waals surface area contributed by atoms with Crippen LogP contribution in [0.5, 0.6) is 5.75 Å². The molecule has 1 fully saturated rings. The third kappa shape index (κ3) is 4.96. The molecule has 2 heterocycles. The van der Waals surface area contributed by atoms with E-state index >= 15 is 0 Å². The normalized spacial score (nSPS) is 20.0. The van der Waals surface area contributed by atoms with Crippen LogP contribution in [-0.2, 0) is 16.2 Å². The summed E-state index contributed by atoms with van der Waals surface area (Å²) in [5, 5.41) is 9.84. The number of carbonyl (C=O) groups excluding carboxylic acids is 2. The number of rotatable bonds is 5. The first kappa shape index (κ1) is 20.7. The first-order valence-corrected chi connectivity index (χ1v) is 10.3. The molecule has 1 atom stereocenters. The predicted octanol–water partition coefficient (Wildman–Crippen LogP) is 3.15. The molecule has 162 valence electrons. The zero-order chi connectivity index (χ0) is 21.7. The molecule has 0 radical (unpaired) electrons. The lowest BCUT2D eigenvalue weighted by atomic mass is 9.88. The number of benzene rings is 2. The highest BCUT2D eigenvalue weighted by molar-refractivity contribution is 6.43. The van der Waals surface area contributed by atoms with E-state index < -0.39 is 5.60 Å². The third-order valence-electron chi connectivity index (χ3n) is 5.56. The number of piperidine rings is 1. The van der Waals surface area contributed by atoms with Crippen molar-refractivity contribution in [2.75, 3.05) is 25.5 Å². The highest BCUT2D eigenvalue weighted by Crippen LogP contribution is 2.33. The Labute approximate surface area is 181 Å². The molecule has 2 aromatic rings. The Morgan fingerprint density at radius 2 is 1.94 bits per heavy atom. The summed E-state index contributed by atoms with van der Waals surface area (Å²) in [5.74, 6) is 0.416. The number of methoxy groups -OCH3 is 1. The number of nitrogens with zero attached hydrogens (tertiary/aromatic N) is 2. The number of ether oxygens (including phenoxy) is 1. The summed E-state index contributed by atoms with van der Waals surface area (Å²) in [6.07, 6.45) is 1.91. The Balaban J connectivity index is 1.31. The van der Waals surface area contributed by atoms with Crippen LogP contribution in [0.2, 0.25) is 0 Å². The predicted molar refractivity (Wildman–Crippen MR) is 117 cm³/mol. The molecule has 3 amide bonds. The summed E-state index contributed by atoms with van der Waals surface area (Å²) in [6, 6.07) is 16.7. The maximum Gasteiger partial charge on any atom is 0.317 e. The molecule has 2 aromatic carbocycles. The topological polar surface area (TPSA) is 92.3 Å². The van der Waals surface area contributed by atoms with Crippen molar-refractivity contribution < 1.29 is 19.2 Å². The van der Waals surface area contributed by atoms with E-state index in [1.807, 2.05) is 30.3 Å². The standard InChI is InChI=1S/C23H26N4O4/c1-30-19-10-8-18(9-11-19)25-21(28)20-14-23(31-26-20)12-5-13-27(16-23)22(29)24-15-17-6-3-2-4-7-17/h2-4,6-11H,5,12-16H2,1H3,(H,24,29)(H,25,28)/t23-/m0/s1. The highest BCUT2D eigenvalue weighted by Gasteiger charge is 2.45. The lowest BCUT2D eigenvalue weighted by molar-refractivity contribution is -0.110. The van der Waals surface area contributed by atoms with Gasteiger partial charge in [-0.05, 0) is 42.7 Å². The van der Waals surface area contributed by atoms with E-state index in [1.165, 1.54) is 0 Å². The number of amides is 3. The van der Waals surface area contributed by atoms with Crippen LogP contribution < -0.4 is 15.4 Å². The van der Waals surface area contributed by atoms with Gasteiger partial charge in [-0.1, -0.05) is 35.5 Å². The fourth-order valence-corrected chi connectivity index (χ4v) is 3.90. The Morgan fingerprint density at radius 3 is 2.68 bits per heavy atom. The number of carbonyl (C=O) groups is 2. The molecular formula is C23H26N4O4. The van der Waals surface area contributed by atoms with Crippen LogP contribution in [0.3, 0.4) is 0 Å². The number of likely N-dealkylation sites (tertiary alicyclic amines) is 1. The van der Waals surface area contributed by atoms with Gasteiger partial charge in [0.15, 0.2) is 5.60 Å². The summed E-state index contributed by atoms with van der Waals surface area (Å²) < 4.78 is 5.13. The summed E-state index contributed by atoms with van der Waals surface area (Å²) in [7, 11) is 1.59. The second-order valence-corrected chi connectivity index (χ2v) is 7.84. The van der Waals surface area contributed by atoms with Crippen molar-refractivity contribution >= 4 is 23.3 Å². The number of urea groups is 1. The maximum absolute atomic E-state index is 12.7. The van der Waals surface area contributed by atoms with E-state index in [1.54, 1.807) is 36.3 Å². The van der Waals surface area contributed by atoms with Crippen LogP contribution in [0.25, 0.3) is 0 Å². The molecule has 8 nitrogen and oxygen atoms in total. The van der Waals surface area contributed by atoms with Gasteiger partial charge >= 0.3 is 6.03 Å². The average molecular weight is 422 g/mol. The Hall–Kier alpha value is -3.55. The lowest BCUT2D eigenvalue weighted by Gasteiger charge is -2.38. The molecule has 0 unspecified atom stereocenters. The van der Waals surface area contributed by atoms with Gasteiger partial charge in [-0.15, -0.1) is 0 Å². The van der Waals surface area contributed by atoms with E-state index in [0.29, 0.717) is 43.2 Å². The molecular weight excluding hydrogens is 396 g/mol. The molecule has 4 rings (SSSR count). The van der Waals surface area contributed by atoms with E-state index in [2.05, 4.69) is 15.8 Å². The molecule has 2 N–H and O–H groups in total. The van der Waals surface area contributed by atoms with Gasteiger partial charge in [0, 0.05) is 25.2 Å². The fraction of sp³-hybridized carbons (Fsp3) is 0.348. The van der Waals surface area contributed by atoms with Crippen LogP contribution in [0.15, 0.2) is 59.8 Å². The molecule has 0 aromatic heterocycles. The zero-order valence-corrected chi connectivity index (χ0v) is 17.5. The van der Waals surface area contributed by atoms with Crippen LogP contribution in [0.4, 0.5) is 10.5 Å². The Bertz CT molecular complexity index is 961. The summed E-state index contributed by atoms with van der Waals surface area (Å²) >= 11 is 0. The molecule has 2 aliphatic heterocycles. The van der Waals surface area contributed by atoms with Gasteiger partial charge in [-0.3, -0.25) is 4.79 Å². The highest BCUT2D eigenvalue weighted by atomic mass is 16.7. The van der Waals surface area contributed by atoms with Crippen molar-refractivity contribution in [3.05, 3.63) is 60.2 Å². The summed E-state index contributed by atoms with van der Waals surface area (Å²) in [4.78, 5) is 32.7. The van der Waals surface area contributed by atoms with Crippen molar-refractivity contribution in [1.29, 1.82) is 0 Å². The van der Waals surface area contributed by atoms with E-state index in [-0.39, 0.29) is 11.9 Å². The summed E-state index contributed by atoms with van der Waals surface area (Å²) in [6.45, 7) is 1.52. The minimum absolute atomic E-state index is 0.136. The molecule has 0 saturated carbocycles. The van der Waals surface area contributed by atoms with Crippen LogP contribution in [-0.4, -0.2) is 48.4 Å². The smallest absolute Gasteiger partial charge is 0.317 e. The number of hydrogen-bond acceptors (Lipinski definition) is 5. The average Bonchev–Trinajstić information content (AvgIpc) is 3.21. The van der Waals surface area contributed by atoms with Crippen LogP contribution in [0.1, 0.15) is 24.8 Å². The van der Waals surface area contributed by atoms with Gasteiger partial charge in [-0.25, -0.2) is 4.79 Å². The van der Waals surface area contributed by atoms with Crippen molar-refractivity contribution in [2.45, 2.75) is 31.4 Å². The first-order valence-electron chi connectivity index (χ1n) is 10.3. The molecule has 0 bridgehead atoms. The maximum atomic E-state index is 12.7. The quantitative estimate of drug-likeness (QED) is 0.774. The van der Waals surface area contributed by atoms with Gasteiger partial charge in [0.05, 0.1) is 13.7 Å². The minimum atomic E-state index is -0.644. The monoisotopic (exact) mass is 422 g/mol. The molecule has 2 aliphatic rings. The zero-order valence-electron chi connectivity index (χ0n) is 17.5. The molecule has 31 heavy (non-hydrogen) atoms. The van der Waals surface area contributed by atoms with Gasteiger partial charge in [0.2, 0.25) is 0 Å². The SMILES string of the molecule is COc1ccc(NC(=O)C2=NO[C@@]3(CCCN(C(=O)NCc4ccccc4)C3)C2)cc1.